The van der Waals surface area contributed by atoms with E-state index in [1.165, 1.54) is 47.9 Å². The molecule has 4 heteroatoms. The maximum atomic E-state index is 3.82. The Labute approximate surface area is 183 Å². The van der Waals surface area contributed by atoms with Gasteiger partial charge in [-0.1, -0.05) is 80.8 Å². The summed E-state index contributed by atoms with van der Waals surface area (Å²) in [7, 11) is 0. The van der Waals surface area contributed by atoms with E-state index in [1.807, 2.05) is 0 Å². The second-order valence-corrected chi connectivity index (χ2v) is 8.14. The molecule has 0 bridgehead atoms. The molecule has 28 heavy (non-hydrogen) atoms. The zero-order valence-corrected chi connectivity index (χ0v) is 19.0. The lowest BCUT2D eigenvalue weighted by atomic mass is 9.90. The van der Waals surface area contributed by atoms with Crippen molar-refractivity contribution in [2.45, 2.75) is 77.5 Å². The molecule has 0 amide bonds. The van der Waals surface area contributed by atoms with Crippen molar-refractivity contribution in [3.63, 3.8) is 0 Å². The molecule has 2 aromatic carbocycles. The fourth-order valence-corrected chi connectivity index (χ4v) is 3.84. The summed E-state index contributed by atoms with van der Waals surface area (Å²) < 4.78 is 0. The van der Waals surface area contributed by atoms with Crippen molar-refractivity contribution in [2.75, 3.05) is 0 Å². The Morgan fingerprint density at radius 3 is 1.61 bits per heavy atom. The van der Waals surface area contributed by atoms with Crippen molar-refractivity contribution in [3.05, 3.63) is 70.8 Å². The molecule has 2 atom stereocenters. The van der Waals surface area contributed by atoms with Crippen molar-refractivity contribution < 1.29 is 0 Å². The number of hydrogen-bond acceptors (Lipinski definition) is 2. The maximum absolute atomic E-state index is 3.82. The zero-order valence-electron chi connectivity index (χ0n) is 17.4. The molecule has 1 fully saturated rings. The Morgan fingerprint density at radius 1 is 0.750 bits per heavy atom. The maximum Gasteiger partial charge on any atom is 0.0224 e. The predicted molar refractivity (Wildman–Crippen MR) is 126 cm³/mol. The molecular formula is C24H36Cl2N2. The van der Waals surface area contributed by atoms with Gasteiger partial charge in [-0.3, -0.25) is 0 Å². The van der Waals surface area contributed by atoms with Gasteiger partial charge in [-0.25, -0.2) is 0 Å². The third-order valence-corrected chi connectivity index (χ3v) is 5.67. The Kier molecular flexibility index (Phi) is 11.1. The Bertz CT molecular complexity index is 668. The lowest BCUT2D eigenvalue weighted by Crippen LogP contribution is -2.49. The van der Waals surface area contributed by atoms with Gasteiger partial charge in [0.2, 0.25) is 0 Å². The highest BCUT2D eigenvalue weighted by Gasteiger charge is 2.24. The summed E-state index contributed by atoms with van der Waals surface area (Å²) in [6, 6.07) is 19.1. The Morgan fingerprint density at radius 2 is 1.18 bits per heavy atom. The number of benzene rings is 2. The van der Waals surface area contributed by atoms with Gasteiger partial charge in [0, 0.05) is 25.2 Å². The first-order valence-corrected chi connectivity index (χ1v) is 10.2. The average Bonchev–Trinajstić information content (AvgIpc) is 2.67. The van der Waals surface area contributed by atoms with Crippen LogP contribution in [0.25, 0.3) is 0 Å². The summed E-state index contributed by atoms with van der Waals surface area (Å²) in [6.45, 7) is 8.57. The average molecular weight is 423 g/mol. The molecule has 0 saturated heterocycles. The molecule has 3 rings (SSSR count). The molecule has 0 radical (unpaired) electrons. The van der Waals surface area contributed by atoms with Crippen molar-refractivity contribution in [3.8, 4) is 0 Å². The van der Waals surface area contributed by atoms with Gasteiger partial charge >= 0.3 is 0 Å². The highest BCUT2D eigenvalue weighted by molar-refractivity contribution is 5.85. The minimum Gasteiger partial charge on any atom is -0.308 e. The Hall–Kier alpha value is -1.06. The summed E-state index contributed by atoms with van der Waals surface area (Å²) in [5.74, 6) is 0.603. The quantitative estimate of drug-likeness (QED) is 0.558. The molecule has 156 valence electrons. The summed E-state index contributed by atoms with van der Waals surface area (Å²) in [5.41, 5.74) is 5.51. The standard InChI is InChI=1S/C24H34N2.2ClH/c1-18(2)22-14-12-21(13-15-22)17-26-24-7-5-4-6-23(24)25-16-20-10-8-19(3)9-11-20;;/h8-15,18,23-26H,4-7,16-17H2,1-3H3;2*1H. The van der Waals surface area contributed by atoms with Gasteiger partial charge < -0.3 is 10.6 Å². The van der Waals surface area contributed by atoms with Crippen LogP contribution in [-0.2, 0) is 13.1 Å². The monoisotopic (exact) mass is 422 g/mol. The summed E-state index contributed by atoms with van der Waals surface area (Å²) >= 11 is 0. The largest absolute Gasteiger partial charge is 0.308 e. The minimum atomic E-state index is 0. The van der Waals surface area contributed by atoms with Crippen LogP contribution in [0.1, 0.15) is 67.7 Å². The van der Waals surface area contributed by atoms with E-state index in [4.69, 9.17) is 0 Å². The molecule has 1 aliphatic carbocycles. The minimum absolute atomic E-state index is 0. The lowest BCUT2D eigenvalue weighted by molar-refractivity contribution is 0.281. The van der Waals surface area contributed by atoms with Crippen molar-refractivity contribution in [2.24, 2.45) is 0 Å². The first kappa shape index (κ1) is 25.0. The van der Waals surface area contributed by atoms with Crippen LogP contribution in [0.3, 0.4) is 0 Å². The van der Waals surface area contributed by atoms with Gasteiger partial charge in [-0.2, -0.15) is 0 Å². The van der Waals surface area contributed by atoms with Gasteiger partial charge in [-0.15, -0.1) is 24.8 Å². The van der Waals surface area contributed by atoms with Crippen molar-refractivity contribution in [1.29, 1.82) is 0 Å². The Balaban J connectivity index is 0.00000196. The van der Waals surface area contributed by atoms with E-state index in [0.29, 0.717) is 18.0 Å². The lowest BCUT2D eigenvalue weighted by Gasteiger charge is -2.33. The van der Waals surface area contributed by atoms with Crippen LogP contribution in [0.15, 0.2) is 48.5 Å². The smallest absolute Gasteiger partial charge is 0.0224 e. The topological polar surface area (TPSA) is 24.1 Å². The first-order chi connectivity index (χ1) is 12.6. The van der Waals surface area contributed by atoms with Gasteiger partial charge in [-0.05, 0) is 42.4 Å². The number of halogens is 2. The van der Waals surface area contributed by atoms with Crippen LogP contribution in [0.4, 0.5) is 0 Å². The number of aryl methyl sites for hydroxylation is 1. The summed E-state index contributed by atoms with van der Waals surface area (Å²) in [4.78, 5) is 0. The second kappa shape index (κ2) is 12.5. The van der Waals surface area contributed by atoms with Crippen molar-refractivity contribution in [1.82, 2.24) is 10.6 Å². The molecule has 2 aromatic rings. The molecule has 0 aromatic heterocycles. The van der Waals surface area contributed by atoms with Gasteiger partial charge in [0.25, 0.3) is 0 Å². The summed E-state index contributed by atoms with van der Waals surface area (Å²) in [5, 5.41) is 7.62. The highest BCUT2D eigenvalue weighted by atomic mass is 35.5. The third kappa shape index (κ3) is 7.40. The first-order valence-electron chi connectivity index (χ1n) is 10.2. The van der Waals surface area contributed by atoms with E-state index >= 15 is 0 Å². The fourth-order valence-electron chi connectivity index (χ4n) is 3.84. The van der Waals surface area contributed by atoms with E-state index in [1.54, 1.807) is 0 Å². The van der Waals surface area contributed by atoms with Crippen LogP contribution in [-0.4, -0.2) is 12.1 Å². The SMILES string of the molecule is Cc1ccc(CNC2CCCCC2NCc2ccc(C(C)C)cc2)cc1.Cl.Cl. The molecule has 0 aliphatic heterocycles. The van der Waals surface area contributed by atoms with Gasteiger partial charge in [0.15, 0.2) is 0 Å². The molecule has 0 spiro atoms. The molecule has 0 heterocycles. The van der Waals surface area contributed by atoms with Crippen LogP contribution in [0, 0.1) is 6.92 Å². The molecule has 1 aliphatic rings. The van der Waals surface area contributed by atoms with E-state index in [0.717, 1.165) is 13.1 Å². The van der Waals surface area contributed by atoms with Crippen molar-refractivity contribution >= 4 is 24.8 Å². The molecule has 2 N–H and O–H groups in total. The fraction of sp³-hybridized carbons (Fsp3) is 0.500. The van der Waals surface area contributed by atoms with Gasteiger partial charge in [0.05, 0.1) is 0 Å². The third-order valence-electron chi connectivity index (χ3n) is 5.67. The van der Waals surface area contributed by atoms with Crippen LogP contribution in [0.2, 0.25) is 0 Å². The zero-order chi connectivity index (χ0) is 18.4. The summed E-state index contributed by atoms with van der Waals surface area (Å²) in [6.07, 6.45) is 5.23. The highest BCUT2D eigenvalue weighted by Crippen LogP contribution is 2.20. The molecule has 2 nitrogen and oxygen atoms in total. The van der Waals surface area contributed by atoms with Crippen LogP contribution >= 0.6 is 24.8 Å². The number of hydrogen-bond donors (Lipinski definition) is 2. The van der Waals surface area contributed by atoms with E-state index in [9.17, 15) is 0 Å². The van der Waals surface area contributed by atoms with Gasteiger partial charge in [0.1, 0.15) is 0 Å². The normalized spacial score (nSPS) is 19.0. The van der Waals surface area contributed by atoms with E-state index < -0.39 is 0 Å². The number of rotatable bonds is 7. The predicted octanol–water partition coefficient (Wildman–Crippen LogP) is 6.15. The molecule has 2 unspecified atom stereocenters. The molecule has 1 saturated carbocycles. The van der Waals surface area contributed by atoms with Crippen LogP contribution < -0.4 is 10.6 Å². The molecular weight excluding hydrogens is 387 g/mol. The van der Waals surface area contributed by atoms with E-state index in [-0.39, 0.29) is 24.8 Å². The van der Waals surface area contributed by atoms with Crippen LogP contribution in [0.5, 0.6) is 0 Å². The number of nitrogens with one attached hydrogen (secondary N) is 2. The van der Waals surface area contributed by atoms with E-state index in [2.05, 4.69) is 79.9 Å². The second-order valence-electron chi connectivity index (χ2n) is 8.14.